The number of rotatable bonds is 16. The van der Waals surface area contributed by atoms with Crippen LogP contribution in [0.1, 0.15) is 111 Å². The molecule has 0 spiro atoms. The van der Waals surface area contributed by atoms with Gasteiger partial charge in [0.1, 0.15) is 0 Å². The molecule has 0 heterocycles. The molecule has 1 rings (SSSR count). The normalized spacial score (nSPS) is 22.7. The lowest BCUT2D eigenvalue weighted by atomic mass is 9.91. The van der Waals surface area contributed by atoms with Gasteiger partial charge >= 0.3 is 5.97 Å². The fourth-order valence-corrected chi connectivity index (χ4v) is 4.19. The Labute approximate surface area is 179 Å². The van der Waals surface area contributed by atoms with Gasteiger partial charge in [0.15, 0.2) is 0 Å². The van der Waals surface area contributed by atoms with Crippen LogP contribution in [0.2, 0.25) is 0 Å². The number of esters is 1. The van der Waals surface area contributed by atoms with Crippen LogP contribution in [0.4, 0.5) is 0 Å². The molecule has 29 heavy (non-hydrogen) atoms. The van der Waals surface area contributed by atoms with Crippen LogP contribution in [0.15, 0.2) is 11.6 Å². The van der Waals surface area contributed by atoms with Crippen molar-refractivity contribution in [2.75, 3.05) is 6.61 Å². The summed E-state index contributed by atoms with van der Waals surface area (Å²) in [5.41, 5.74) is 1.35. The number of aliphatic hydroxyl groups excluding tert-OH is 2. The average molecular weight is 411 g/mol. The first-order valence-electron chi connectivity index (χ1n) is 12.2. The van der Waals surface area contributed by atoms with Crippen molar-refractivity contribution in [2.24, 2.45) is 11.8 Å². The third kappa shape index (κ3) is 11.2. The van der Waals surface area contributed by atoms with Gasteiger partial charge in [-0.1, -0.05) is 70.9 Å². The summed E-state index contributed by atoms with van der Waals surface area (Å²) < 4.78 is 5.18. The van der Waals surface area contributed by atoms with E-state index in [0.717, 1.165) is 64.2 Å². The summed E-state index contributed by atoms with van der Waals surface area (Å²) in [4.78, 5) is 11.6. The Morgan fingerprint density at radius 3 is 2.59 bits per heavy atom. The largest absolute Gasteiger partial charge is 0.466 e. The minimum absolute atomic E-state index is 0.0680. The monoisotopic (exact) mass is 410 g/mol. The third-order valence-corrected chi connectivity index (χ3v) is 6.37. The molecule has 0 aromatic heterocycles. The number of unbranched alkanes of at least 4 members (excludes halogenated alkanes) is 5. The van der Waals surface area contributed by atoms with Crippen molar-refractivity contribution in [3.63, 3.8) is 0 Å². The number of hydrogen-bond acceptors (Lipinski definition) is 4. The van der Waals surface area contributed by atoms with Crippen molar-refractivity contribution in [3.8, 4) is 0 Å². The molecule has 0 bridgehead atoms. The summed E-state index contributed by atoms with van der Waals surface area (Å²) >= 11 is 0. The molecular weight excluding hydrogens is 364 g/mol. The molecular formula is C25H46O4. The topological polar surface area (TPSA) is 66.8 Å². The lowest BCUT2D eigenvalue weighted by Crippen LogP contribution is -2.18. The van der Waals surface area contributed by atoms with Crippen LogP contribution < -0.4 is 0 Å². The number of carbonyl (C=O) groups is 1. The number of carbonyl (C=O) groups excluding carboxylic acids is 1. The molecule has 2 unspecified atom stereocenters. The number of aliphatic hydroxyl groups is 2. The lowest BCUT2D eigenvalue weighted by Gasteiger charge is -2.19. The smallest absolute Gasteiger partial charge is 0.305 e. The van der Waals surface area contributed by atoms with Gasteiger partial charge in [-0.05, 0) is 50.9 Å². The molecule has 2 N–H and O–H groups in total. The van der Waals surface area contributed by atoms with Crippen LogP contribution >= 0.6 is 0 Å². The Bertz CT molecular complexity index is 460. The summed E-state index contributed by atoms with van der Waals surface area (Å²) in [6, 6.07) is 0. The second-order valence-corrected chi connectivity index (χ2v) is 8.94. The number of ether oxygens (including phenoxy) is 1. The molecule has 0 aromatic carbocycles. The van der Waals surface area contributed by atoms with E-state index in [1.54, 1.807) is 0 Å². The Morgan fingerprint density at radius 2 is 1.86 bits per heavy atom. The first-order valence-corrected chi connectivity index (χ1v) is 12.2. The van der Waals surface area contributed by atoms with Gasteiger partial charge in [0.2, 0.25) is 0 Å². The summed E-state index contributed by atoms with van der Waals surface area (Å²) in [6.45, 7) is 6.96. The predicted octanol–water partition coefficient (Wildman–Crippen LogP) is 5.94. The van der Waals surface area contributed by atoms with Gasteiger partial charge in [0, 0.05) is 12.3 Å². The zero-order chi connectivity index (χ0) is 21.5. The van der Waals surface area contributed by atoms with E-state index in [1.807, 2.05) is 0 Å². The molecule has 1 aliphatic rings. The molecule has 4 nitrogen and oxygen atoms in total. The maximum Gasteiger partial charge on any atom is 0.305 e. The highest BCUT2D eigenvalue weighted by Gasteiger charge is 2.29. The minimum Gasteiger partial charge on any atom is -0.466 e. The second kappa shape index (κ2) is 15.9. The molecule has 1 fully saturated rings. The van der Waals surface area contributed by atoms with Crippen LogP contribution in [0.25, 0.3) is 0 Å². The second-order valence-electron chi connectivity index (χ2n) is 8.94. The SMILES string of the molecule is CCCCOC(=O)CCCCCC[C@@H]1C(=CCC(O)C(C)CCCC)CC[C@H]1O. The van der Waals surface area contributed by atoms with Crippen LogP contribution in [-0.4, -0.2) is 35.0 Å². The Kier molecular flexibility index (Phi) is 14.3. The third-order valence-electron chi connectivity index (χ3n) is 6.37. The maximum atomic E-state index is 11.6. The van der Waals surface area contributed by atoms with Crippen molar-refractivity contribution in [3.05, 3.63) is 11.6 Å². The Hall–Kier alpha value is -0.870. The van der Waals surface area contributed by atoms with Crippen molar-refractivity contribution in [2.45, 2.75) is 123 Å². The van der Waals surface area contributed by atoms with Gasteiger partial charge in [0.05, 0.1) is 18.8 Å². The van der Waals surface area contributed by atoms with Gasteiger partial charge in [-0.25, -0.2) is 0 Å². The highest BCUT2D eigenvalue weighted by atomic mass is 16.5. The predicted molar refractivity (Wildman–Crippen MR) is 120 cm³/mol. The zero-order valence-electron chi connectivity index (χ0n) is 19.2. The van der Waals surface area contributed by atoms with Gasteiger partial charge in [-0.3, -0.25) is 4.79 Å². The quantitative estimate of drug-likeness (QED) is 0.188. The molecule has 1 saturated carbocycles. The van der Waals surface area contributed by atoms with E-state index in [-0.39, 0.29) is 24.1 Å². The van der Waals surface area contributed by atoms with Gasteiger partial charge in [-0.2, -0.15) is 0 Å². The highest BCUT2D eigenvalue weighted by molar-refractivity contribution is 5.69. The van der Waals surface area contributed by atoms with Crippen molar-refractivity contribution < 1.29 is 19.7 Å². The first-order chi connectivity index (χ1) is 14.0. The van der Waals surface area contributed by atoms with Crippen LogP contribution in [0.5, 0.6) is 0 Å². The summed E-state index contributed by atoms with van der Waals surface area (Å²) in [5, 5.41) is 20.8. The van der Waals surface area contributed by atoms with Crippen molar-refractivity contribution in [1.82, 2.24) is 0 Å². The minimum atomic E-state index is -0.274. The summed E-state index contributed by atoms with van der Waals surface area (Å²) in [7, 11) is 0. The van der Waals surface area contributed by atoms with Gasteiger partial charge < -0.3 is 14.9 Å². The van der Waals surface area contributed by atoms with Crippen LogP contribution in [-0.2, 0) is 9.53 Å². The van der Waals surface area contributed by atoms with Gasteiger partial charge in [0.25, 0.3) is 0 Å². The fraction of sp³-hybridized carbons (Fsp3) is 0.880. The zero-order valence-corrected chi connectivity index (χ0v) is 19.2. The molecule has 0 saturated heterocycles. The molecule has 4 heteroatoms. The molecule has 170 valence electrons. The van der Waals surface area contributed by atoms with Crippen LogP contribution in [0, 0.1) is 11.8 Å². The van der Waals surface area contributed by atoms with E-state index in [0.29, 0.717) is 25.4 Å². The van der Waals surface area contributed by atoms with Crippen molar-refractivity contribution in [1.29, 1.82) is 0 Å². The number of hydrogen-bond donors (Lipinski definition) is 2. The van der Waals surface area contributed by atoms with Gasteiger partial charge in [-0.15, -0.1) is 0 Å². The van der Waals surface area contributed by atoms with Crippen LogP contribution in [0.3, 0.4) is 0 Å². The molecule has 0 aromatic rings. The average Bonchev–Trinajstić information content (AvgIpc) is 3.06. The molecule has 4 atom stereocenters. The van der Waals surface area contributed by atoms with E-state index in [2.05, 4.69) is 26.8 Å². The van der Waals surface area contributed by atoms with Crippen molar-refractivity contribution >= 4 is 5.97 Å². The van der Waals surface area contributed by atoms with E-state index < -0.39 is 0 Å². The highest BCUT2D eigenvalue weighted by Crippen LogP contribution is 2.36. The molecule has 0 amide bonds. The van der Waals surface area contributed by atoms with E-state index in [9.17, 15) is 15.0 Å². The first kappa shape index (κ1) is 26.2. The Morgan fingerprint density at radius 1 is 1.14 bits per heavy atom. The summed E-state index contributed by atoms with van der Waals surface area (Å²) in [6.07, 6.45) is 15.3. The summed E-state index contributed by atoms with van der Waals surface area (Å²) in [5.74, 6) is 0.527. The van der Waals surface area contributed by atoms with E-state index in [4.69, 9.17) is 4.74 Å². The maximum absolute atomic E-state index is 11.6. The van der Waals surface area contributed by atoms with E-state index in [1.165, 1.54) is 18.4 Å². The standard InChI is InChI=1S/C25H46O4/c1-4-6-12-20(3)23(26)17-15-21-16-18-24(27)22(21)13-10-8-9-11-14-25(28)29-19-7-5-2/h15,20,22-24,26-27H,4-14,16-19H2,1-3H3/t20?,22-,23?,24-/m1/s1. The molecule has 0 radical (unpaired) electrons. The fourth-order valence-electron chi connectivity index (χ4n) is 4.19. The van der Waals surface area contributed by atoms with E-state index >= 15 is 0 Å². The molecule has 1 aliphatic carbocycles. The molecule has 0 aliphatic heterocycles. The lowest BCUT2D eigenvalue weighted by molar-refractivity contribution is -0.143. The Balaban J connectivity index is 2.25.